The molecule has 1 fully saturated rings. The van der Waals surface area contributed by atoms with Crippen LogP contribution in [0.2, 0.25) is 0 Å². The molecule has 1 saturated carbocycles. The number of hydrogen-bond donors (Lipinski definition) is 1. The van der Waals surface area contributed by atoms with Gasteiger partial charge >= 0.3 is 0 Å². The zero-order valence-corrected chi connectivity index (χ0v) is 15.0. The first-order valence-corrected chi connectivity index (χ1v) is 9.32. The van der Waals surface area contributed by atoms with Gasteiger partial charge in [0.2, 0.25) is 0 Å². The van der Waals surface area contributed by atoms with Crippen molar-refractivity contribution in [3.63, 3.8) is 0 Å². The van der Waals surface area contributed by atoms with Crippen LogP contribution < -0.4 is 4.74 Å². The summed E-state index contributed by atoms with van der Waals surface area (Å²) in [5.74, 6) is 0.829. The van der Waals surface area contributed by atoms with Gasteiger partial charge in [0.1, 0.15) is 18.5 Å². The van der Waals surface area contributed by atoms with Crippen LogP contribution in [-0.2, 0) is 0 Å². The van der Waals surface area contributed by atoms with Crippen molar-refractivity contribution in [2.75, 3.05) is 19.7 Å². The van der Waals surface area contributed by atoms with Crippen molar-refractivity contribution < 1.29 is 14.6 Å². The molecule has 0 heterocycles. The first-order valence-electron chi connectivity index (χ1n) is 9.32. The number of benzene rings is 1. The molecular weight excluding hydrogens is 302 g/mol. The number of nitrogens with zero attached hydrogens (tertiary/aromatic N) is 1. The maximum atomic E-state index is 11.6. The normalized spacial score (nSPS) is 17.0. The molecule has 0 radical (unpaired) electrons. The van der Waals surface area contributed by atoms with Crippen molar-refractivity contribution in [1.82, 2.24) is 4.90 Å². The van der Waals surface area contributed by atoms with E-state index in [1.807, 2.05) is 6.92 Å². The Hall–Kier alpha value is -1.39. The second-order valence-corrected chi connectivity index (χ2v) is 6.65. The second-order valence-electron chi connectivity index (χ2n) is 6.65. The lowest BCUT2D eigenvalue weighted by Gasteiger charge is -2.34. The van der Waals surface area contributed by atoms with Gasteiger partial charge in [-0.25, -0.2) is 0 Å². The van der Waals surface area contributed by atoms with E-state index in [0.29, 0.717) is 30.3 Å². The first kappa shape index (κ1) is 18.9. The number of Topliss-reactive ketones (excluding diaryl/α,β-unsaturated/α-hetero) is 1. The van der Waals surface area contributed by atoms with E-state index in [1.54, 1.807) is 24.3 Å². The summed E-state index contributed by atoms with van der Waals surface area (Å²) in [4.78, 5) is 14.0. The monoisotopic (exact) mass is 333 g/mol. The average Bonchev–Trinajstić information content (AvgIpc) is 2.65. The Morgan fingerprint density at radius 1 is 1.21 bits per heavy atom. The van der Waals surface area contributed by atoms with Crippen LogP contribution in [0.4, 0.5) is 0 Å². The number of hydrogen-bond acceptors (Lipinski definition) is 4. The van der Waals surface area contributed by atoms with Crippen molar-refractivity contribution in [1.29, 1.82) is 0 Å². The largest absolute Gasteiger partial charge is 0.491 e. The molecule has 1 aliphatic rings. The number of carbonyl (C=O) groups is 1. The molecule has 0 aromatic heterocycles. The van der Waals surface area contributed by atoms with Crippen LogP contribution >= 0.6 is 0 Å². The van der Waals surface area contributed by atoms with Gasteiger partial charge in [0.25, 0.3) is 0 Å². The fourth-order valence-corrected chi connectivity index (χ4v) is 3.44. The molecule has 1 aromatic rings. The quantitative estimate of drug-likeness (QED) is 0.701. The summed E-state index contributed by atoms with van der Waals surface area (Å²) in [5.41, 5.74) is 0.708. The van der Waals surface area contributed by atoms with Gasteiger partial charge in [-0.05, 0) is 43.7 Å². The molecule has 0 aliphatic heterocycles. The molecule has 1 atom stereocenters. The molecule has 4 heteroatoms. The summed E-state index contributed by atoms with van der Waals surface area (Å²) in [6.45, 7) is 5.92. The lowest BCUT2D eigenvalue weighted by atomic mass is 9.94. The number of likely N-dealkylation sites (N-methyl/N-ethyl adjacent to an activating group) is 1. The van der Waals surface area contributed by atoms with E-state index in [4.69, 9.17) is 4.74 Å². The SMILES string of the molecule is CCC(=O)c1ccc(OC[C@@H](O)CN(CC)C2CCCCC2)cc1. The van der Waals surface area contributed by atoms with Crippen LogP contribution in [0.5, 0.6) is 5.75 Å². The molecule has 24 heavy (non-hydrogen) atoms. The predicted octanol–water partition coefficient (Wildman–Crippen LogP) is 3.67. The molecular formula is C20H31NO3. The maximum Gasteiger partial charge on any atom is 0.162 e. The molecule has 1 aromatic carbocycles. The molecule has 2 rings (SSSR count). The van der Waals surface area contributed by atoms with Crippen molar-refractivity contribution in [3.05, 3.63) is 29.8 Å². The molecule has 0 amide bonds. The minimum absolute atomic E-state index is 0.132. The second kappa shape index (κ2) is 9.80. The number of carbonyl (C=O) groups excluding carboxylic acids is 1. The molecule has 134 valence electrons. The van der Waals surface area contributed by atoms with E-state index < -0.39 is 6.10 Å². The van der Waals surface area contributed by atoms with Crippen LogP contribution in [0.15, 0.2) is 24.3 Å². The number of ketones is 1. The van der Waals surface area contributed by atoms with Crippen molar-refractivity contribution in [2.24, 2.45) is 0 Å². The van der Waals surface area contributed by atoms with E-state index in [2.05, 4.69) is 11.8 Å². The van der Waals surface area contributed by atoms with E-state index in [0.717, 1.165) is 6.54 Å². The fourth-order valence-electron chi connectivity index (χ4n) is 3.44. The van der Waals surface area contributed by atoms with Gasteiger partial charge in [-0.15, -0.1) is 0 Å². The van der Waals surface area contributed by atoms with Gasteiger partial charge in [0, 0.05) is 24.6 Å². The molecule has 1 aliphatic carbocycles. The smallest absolute Gasteiger partial charge is 0.162 e. The fraction of sp³-hybridized carbons (Fsp3) is 0.650. The standard InChI is InChI=1S/C20H31NO3/c1-3-20(23)16-10-12-19(13-11-16)24-15-18(22)14-21(4-2)17-8-6-5-7-9-17/h10-13,17-18,22H,3-9,14-15H2,1-2H3/t18-/m0/s1. The van der Waals surface area contributed by atoms with E-state index in [1.165, 1.54) is 32.1 Å². The zero-order valence-electron chi connectivity index (χ0n) is 15.0. The molecule has 0 spiro atoms. The summed E-state index contributed by atoms with van der Waals surface area (Å²) in [5, 5.41) is 10.3. The molecule has 4 nitrogen and oxygen atoms in total. The van der Waals surface area contributed by atoms with Gasteiger partial charge in [-0.3, -0.25) is 9.69 Å². The van der Waals surface area contributed by atoms with E-state index >= 15 is 0 Å². The number of aliphatic hydroxyl groups is 1. The van der Waals surface area contributed by atoms with Gasteiger partial charge in [0.05, 0.1) is 0 Å². The Morgan fingerprint density at radius 3 is 2.46 bits per heavy atom. The highest BCUT2D eigenvalue weighted by Gasteiger charge is 2.22. The lowest BCUT2D eigenvalue weighted by Crippen LogP contribution is -2.43. The van der Waals surface area contributed by atoms with Crippen LogP contribution in [0.1, 0.15) is 62.7 Å². The van der Waals surface area contributed by atoms with Crippen molar-refractivity contribution in [3.8, 4) is 5.75 Å². The maximum absolute atomic E-state index is 11.6. The highest BCUT2D eigenvalue weighted by Crippen LogP contribution is 2.22. The van der Waals surface area contributed by atoms with Crippen molar-refractivity contribution >= 4 is 5.78 Å². The predicted molar refractivity (Wildman–Crippen MR) is 96.7 cm³/mol. The Bertz CT molecular complexity index is 494. The Labute approximate surface area is 145 Å². The topological polar surface area (TPSA) is 49.8 Å². The molecule has 1 N–H and O–H groups in total. The Morgan fingerprint density at radius 2 is 1.88 bits per heavy atom. The lowest BCUT2D eigenvalue weighted by molar-refractivity contribution is 0.0463. The Kier molecular flexibility index (Phi) is 7.73. The summed E-state index contributed by atoms with van der Waals surface area (Å²) in [6, 6.07) is 7.78. The first-order chi connectivity index (χ1) is 11.6. The summed E-state index contributed by atoms with van der Waals surface area (Å²) in [6.07, 6.45) is 6.45. The van der Waals surface area contributed by atoms with Gasteiger partial charge in [0.15, 0.2) is 5.78 Å². The third-order valence-corrected chi connectivity index (χ3v) is 4.88. The van der Waals surface area contributed by atoms with Gasteiger partial charge < -0.3 is 9.84 Å². The minimum Gasteiger partial charge on any atom is -0.491 e. The minimum atomic E-state index is -0.496. The molecule has 0 saturated heterocycles. The van der Waals surface area contributed by atoms with Crippen LogP contribution in [0.25, 0.3) is 0 Å². The highest BCUT2D eigenvalue weighted by molar-refractivity contribution is 5.95. The summed E-state index contributed by atoms with van der Waals surface area (Å²) < 4.78 is 5.68. The molecule has 0 bridgehead atoms. The Balaban J connectivity index is 1.79. The number of ether oxygens (including phenoxy) is 1. The summed E-state index contributed by atoms with van der Waals surface area (Å²) >= 11 is 0. The summed E-state index contributed by atoms with van der Waals surface area (Å²) in [7, 11) is 0. The number of aliphatic hydroxyl groups excluding tert-OH is 1. The van der Waals surface area contributed by atoms with Crippen LogP contribution in [0.3, 0.4) is 0 Å². The van der Waals surface area contributed by atoms with E-state index in [9.17, 15) is 9.90 Å². The number of rotatable bonds is 9. The van der Waals surface area contributed by atoms with E-state index in [-0.39, 0.29) is 12.4 Å². The van der Waals surface area contributed by atoms with Gasteiger partial charge in [-0.1, -0.05) is 33.1 Å². The third-order valence-electron chi connectivity index (χ3n) is 4.88. The van der Waals surface area contributed by atoms with Crippen LogP contribution in [0, 0.1) is 0 Å². The zero-order chi connectivity index (χ0) is 17.4. The third kappa shape index (κ3) is 5.60. The average molecular weight is 333 g/mol. The van der Waals surface area contributed by atoms with Crippen LogP contribution in [-0.4, -0.2) is 47.6 Å². The van der Waals surface area contributed by atoms with Gasteiger partial charge in [-0.2, -0.15) is 0 Å². The molecule has 0 unspecified atom stereocenters. The van der Waals surface area contributed by atoms with Crippen molar-refractivity contribution in [2.45, 2.75) is 64.5 Å². The highest BCUT2D eigenvalue weighted by atomic mass is 16.5.